The Labute approximate surface area is 164 Å². The quantitative estimate of drug-likeness (QED) is 0.653. The van der Waals surface area contributed by atoms with Crippen molar-refractivity contribution < 1.29 is 13.2 Å². The fourth-order valence-corrected chi connectivity index (χ4v) is 4.12. The van der Waals surface area contributed by atoms with E-state index in [4.69, 9.17) is 4.74 Å². The fourth-order valence-electron chi connectivity index (χ4n) is 2.89. The second-order valence-corrected chi connectivity index (χ2v) is 8.19. The molecule has 2 aromatic carbocycles. The first kappa shape index (κ1) is 19.6. The van der Waals surface area contributed by atoms with Gasteiger partial charge in [-0.05, 0) is 79.9 Å². The van der Waals surface area contributed by atoms with Crippen LogP contribution in [0.25, 0.3) is 0 Å². The highest BCUT2D eigenvalue weighted by molar-refractivity contribution is 7.92. The lowest BCUT2D eigenvalue weighted by Gasteiger charge is -2.11. The van der Waals surface area contributed by atoms with Crippen molar-refractivity contribution in [3.05, 3.63) is 65.2 Å². The van der Waals surface area contributed by atoms with Gasteiger partial charge in [0.15, 0.2) is 11.6 Å². The lowest BCUT2D eigenvalue weighted by atomic mass is 10.1. The molecule has 0 amide bonds. The number of sulfonamides is 1. The van der Waals surface area contributed by atoms with Crippen LogP contribution in [0.3, 0.4) is 0 Å². The van der Waals surface area contributed by atoms with E-state index >= 15 is 0 Å². The second-order valence-electron chi connectivity index (χ2n) is 6.54. The van der Waals surface area contributed by atoms with E-state index in [1.807, 2.05) is 26.0 Å². The predicted octanol–water partition coefficient (Wildman–Crippen LogP) is 3.95. The molecule has 8 heteroatoms. The number of ether oxygens (including phenoxy) is 1. The smallest absolute Gasteiger partial charge is 0.263 e. The van der Waals surface area contributed by atoms with Crippen LogP contribution in [0.1, 0.15) is 16.7 Å². The molecule has 146 valence electrons. The molecule has 0 bridgehead atoms. The summed E-state index contributed by atoms with van der Waals surface area (Å²) in [6, 6.07) is 14.1. The summed E-state index contributed by atoms with van der Waals surface area (Å²) in [5, 5.41) is 11.2. The molecule has 0 unspecified atom stereocenters. The molecule has 0 fully saturated rings. The Balaban J connectivity index is 1.76. The molecular weight excluding hydrogens is 376 g/mol. The Kier molecular flexibility index (Phi) is 5.51. The highest BCUT2D eigenvalue weighted by Crippen LogP contribution is 2.23. The fraction of sp³-hybridized carbons (Fsp3) is 0.200. The largest absolute Gasteiger partial charge is 0.497 e. The molecule has 0 spiro atoms. The van der Waals surface area contributed by atoms with Crippen molar-refractivity contribution in [3.8, 4) is 5.75 Å². The number of aromatic nitrogens is 2. The van der Waals surface area contributed by atoms with Crippen LogP contribution in [0.4, 0.5) is 17.3 Å². The van der Waals surface area contributed by atoms with Gasteiger partial charge in [-0.25, -0.2) is 8.42 Å². The van der Waals surface area contributed by atoms with E-state index in [2.05, 4.69) is 26.3 Å². The van der Waals surface area contributed by atoms with Crippen molar-refractivity contribution in [1.29, 1.82) is 0 Å². The van der Waals surface area contributed by atoms with Gasteiger partial charge in [-0.3, -0.25) is 4.72 Å². The third kappa shape index (κ3) is 4.58. The van der Waals surface area contributed by atoms with Gasteiger partial charge < -0.3 is 10.1 Å². The van der Waals surface area contributed by atoms with Crippen LogP contribution >= 0.6 is 0 Å². The van der Waals surface area contributed by atoms with E-state index in [9.17, 15) is 8.42 Å². The number of anilines is 3. The topological polar surface area (TPSA) is 93.2 Å². The minimum absolute atomic E-state index is 0.140. The van der Waals surface area contributed by atoms with E-state index in [1.165, 1.54) is 13.2 Å². The summed E-state index contributed by atoms with van der Waals surface area (Å²) in [6.07, 6.45) is 0. The lowest BCUT2D eigenvalue weighted by Crippen LogP contribution is -2.15. The first-order valence-corrected chi connectivity index (χ1v) is 10.1. The molecule has 0 saturated heterocycles. The first-order chi connectivity index (χ1) is 13.3. The van der Waals surface area contributed by atoms with Crippen molar-refractivity contribution in [1.82, 2.24) is 10.2 Å². The van der Waals surface area contributed by atoms with Crippen LogP contribution in [0.2, 0.25) is 0 Å². The monoisotopic (exact) mass is 398 g/mol. The van der Waals surface area contributed by atoms with Crippen LogP contribution < -0.4 is 14.8 Å². The summed E-state index contributed by atoms with van der Waals surface area (Å²) in [4.78, 5) is 0.160. The lowest BCUT2D eigenvalue weighted by molar-refractivity contribution is 0.414. The molecule has 0 aliphatic heterocycles. The van der Waals surface area contributed by atoms with Gasteiger partial charge in [0.2, 0.25) is 0 Å². The molecule has 28 heavy (non-hydrogen) atoms. The molecule has 0 saturated carbocycles. The maximum absolute atomic E-state index is 12.6. The second kappa shape index (κ2) is 7.85. The number of rotatable bonds is 6. The minimum atomic E-state index is -3.78. The maximum Gasteiger partial charge on any atom is 0.263 e. The summed E-state index contributed by atoms with van der Waals surface area (Å²) in [5.41, 5.74) is 3.74. The number of methoxy groups -OCH3 is 1. The van der Waals surface area contributed by atoms with Crippen molar-refractivity contribution in [3.63, 3.8) is 0 Å². The Bertz CT molecular complexity index is 1080. The molecule has 1 aromatic heterocycles. The standard InChI is InChI=1S/C20H22N4O3S/c1-13-9-14(2)11-16(10-13)21-19-7-8-20(23-22-19)24-28(25,26)18-6-5-17(27-4)12-15(18)3/h5-12H,1-4H3,(H,21,22)(H,23,24). The summed E-state index contributed by atoms with van der Waals surface area (Å²) in [7, 11) is -2.25. The van der Waals surface area contributed by atoms with E-state index in [0.717, 1.165) is 16.8 Å². The minimum Gasteiger partial charge on any atom is -0.497 e. The highest BCUT2D eigenvalue weighted by Gasteiger charge is 2.18. The van der Waals surface area contributed by atoms with Gasteiger partial charge in [-0.2, -0.15) is 0 Å². The van der Waals surface area contributed by atoms with Gasteiger partial charge in [0, 0.05) is 5.69 Å². The average Bonchev–Trinajstić information content (AvgIpc) is 2.62. The Hall–Kier alpha value is -3.13. The predicted molar refractivity (Wildman–Crippen MR) is 110 cm³/mol. The molecule has 0 atom stereocenters. The van der Waals surface area contributed by atoms with Crippen molar-refractivity contribution in [2.24, 2.45) is 0 Å². The summed E-state index contributed by atoms with van der Waals surface area (Å²) in [6.45, 7) is 5.74. The Morgan fingerprint density at radius 3 is 2.07 bits per heavy atom. The van der Waals surface area contributed by atoms with Gasteiger partial charge in [0.05, 0.1) is 12.0 Å². The van der Waals surface area contributed by atoms with Gasteiger partial charge in [-0.15, -0.1) is 10.2 Å². The van der Waals surface area contributed by atoms with Gasteiger partial charge in [0.25, 0.3) is 10.0 Å². The average molecular weight is 398 g/mol. The van der Waals surface area contributed by atoms with Gasteiger partial charge >= 0.3 is 0 Å². The van der Waals surface area contributed by atoms with E-state index in [1.54, 1.807) is 31.2 Å². The molecule has 0 radical (unpaired) electrons. The Morgan fingerprint density at radius 2 is 1.50 bits per heavy atom. The highest BCUT2D eigenvalue weighted by atomic mass is 32.2. The zero-order valence-electron chi connectivity index (χ0n) is 16.1. The third-order valence-electron chi connectivity index (χ3n) is 4.07. The molecule has 1 heterocycles. The molecular formula is C20H22N4O3S. The van der Waals surface area contributed by atoms with Crippen LogP contribution in [0.15, 0.2) is 53.4 Å². The number of benzene rings is 2. The number of hydrogen-bond donors (Lipinski definition) is 2. The SMILES string of the molecule is COc1ccc(S(=O)(=O)Nc2ccc(Nc3cc(C)cc(C)c3)nn2)c(C)c1. The van der Waals surface area contributed by atoms with Crippen LogP contribution in [0.5, 0.6) is 5.75 Å². The van der Waals surface area contributed by atoms with Crippen LogP contribution in [-0.2, 0) is 10.0 Å². The number of aryl methyl sites for hydroxylation is 3. The van der Waals surface area contributed by atoms with Crippen LogP contribution in [-0.4, -0.2) is 25.7 Å². The number of nitrogens with zero attached hydrogens (tertiary/aromatic N) is 2. The Morgan fingerprint density at radius 1 is 0.857 bits per heavy atom. The van der Waals surface area contributed by atoms with Crippen LogP contribution in [0, 0.1) is 20.8 Å². The summed E-state index contributed by atoms with van der Waals surface area (Å²) < 4.78 is 32.8. The van der Waals surface area contributed by atoms with Gasteiger partial charge in [-0.1, -0.05) is 6.07 Å². The number of hydrogen-bond acceptors (Lipinski definition) is 6. The summed E-state index contributed by atoms with van der Waals surface area (Å²) in [5.74, 6) is 1.26. The first-order valence-electron chi connectivity index (χ1n) is 8.63. The number of nitrogens with one attached hydrogen (secondary N) is 2. The molecule has 3 aromatic rings. The van der Waals surface area contributed by atoms with Crippen molar-refractivity contribution in [2.75, 3.05) is 17.1 Å². The molecule has 3 rings (SSSR count). The zero-order chi connectivity index (χ0) is 20.3. The van der Waals surface area contributed by atoms with Crippen molar-refractivity contribution >= 4 is 27.3 Å². The summed E-state index contributed by atoms with van der Waals surface area (Å²) >= 11 is 0. The molecule has 0 aliphatic rings. The van der Waals surface area contributed by atoms with Crippen molar-refractivity contribution in [2.45, 2.75) is 25.7 Å². The van der Waals surface area contributed by atoms with Gasteiger partial charge in [0.1, 0.15) is 5.75 Å². The third-order valence-corrected chi connectivity index (χ3v) is 5.58. The maximum atomic E-state index is 12.6. The normalized spacial score (nSPS) is 11.1. The van der Waals surface area contributed by atoms with E-state index in [-0.39, 0.29) is 10.7 Å². The molecule has 7 nitrogen and oxygen atoms in total. The molecule has 2 N–H and O–H groups in total. The van der Waals surface area contributed by atoms with E-state index < -0.39 is 10.0 Å². The van der Waals surface area contributed by atoms with E-state index in [0.29, 0.717) is 17.1 Å². The zero-order valence-corrected chi connectivity index (χ0v) is 17.0. The molecule has 0 aliphatic carbocycles.